The van der Waals surface area contributed by atoms with Crippen LogP contribution in [0.3, 0.4) is 0 Å². The predicted octanol–water partition coefficient (Wildman–Crippen LogP) is 2.28. The molecular weight excluding hydrogens is 400 g/mol. The van der Waals surface area contributed by atoms with E-state index in [9.17, 15) is 13.2 Å². The van der Waals surface area contributed by atoms with Crippen LogP contribution >= 0.6 is 11.3 Å². The third-order valence-corrected chi connectivity index (χ3v) is 6.65. The van der Waals surface area contributed by atoms with E-state index in [1.165, 1.54) is 24.5 Å². The lowest BCUT2D eigenvalue weighted by Crippen LogP contribution is -2.40. The molecule has 28 heavy (non-hydrogen) atoms. The summed E-state index contributed by atoms with van der Waals surface area (Å²) in [7, 11) is -2.49. The van der Waals surface area contributed by atoms with E-state index in [0.717, 1.165) is 9.18 Å². The number of thiazole rings is 1. The highest BCUT2D eigenvalue weighted by atomic mass is 32.2. The Hall–Kier alpha value is -2.40. The molecule has 0 aliphatic carbocycles. The number of benzene rings is 1. The summed E-state index contributed by atoms with van der Waals surface area (Å²) in [4.78, 5) is 21.7. The summed E-state index contributed by atoms with van der Waals surface area (Å²) in [6.07, 6.45) is 3.18. The van der Waals surface area contributed by atoms with Crippen LogP contribution in [0.15, 0.2) is 47.6 Å². The van der Waals surface area contributed by atoms with Crippen LogP contribution in [-0.4, -0.2) is 55.4 Å². The van der Waals surface area contributed by atoms with Crippen LogP contribution in [0.1, 0.15) is 4.88 Å². The maximum atomic E-state index is 13.3. The minimum atomic E-state index is -3.97. The lowest BCUT2D eigenvalue weighted by Gasteiger charge is -2.21. The number of rotatable bonds is 8. The van der Waals surface area contributed by atoms with Crippen LogP contribution in [0.5, 0.6) is 0 Å². The zero-order chi connectivity index (χ0) is 20.1. The maximum Gasteiger partial charge on any atom is 0.245 e. The Kier molecular flexibility index (Phi) is 6.35. The largest absolute Gasteiger partial charge is 0.383 e. The van der Waals surface area contributed by atoms with Gasteiger partial charge in [0.05, 0.1) is 18.7 Å². The molecule has 2 aromatic heterocycles. The first kappa shape index (κ1) is 20.3. The van der Waals surface area contributed by atoms with Gasteiger partial charge < -0.3 is 10.1 Å². The van der Waals surface area contributed by atoms with E-state index in [-0.39, 0.29) is 24.6 Å². The summed E-state index contributed by atoms with van der Waals surface area (Å²) in [5, 5.41) is 3.77. The number of aromatic nitrogens is 2. The van der Waals surface area contributed by atoms with Gasteiger partial charge in [0, 0.05) is 36.3 Å². The molecule has 2 heterocycles. The summed E-state index contributed by atoms with van der Waals surface area (Å²) in [6, 6.07) is 8.47. The number of hydrogen-bond donors (Lipinski definition) is 1. The van der Waals surface area contributed by atoms with Gasteiger partial charge >= 0.3 is 0 Å². The van der Waals surface area contributed by atoms with Gasteiger partial charge in [0.1, 0.15) is 4.90 Å². The van der Waals surface area contributed by atoms with Gasteiger partial charge in [-0.3, -0.25) is 9.78 Å². The topological polar surface area (TPSA) is 101 Å². The molecule has 1 aromatic carbocycles. The highest BCUT2D eigenvalue weighted by molar-refractivity contribution is 7.89. The molecule has 0 bridgehead atoms. The number of ether oxygens (including phenoxy) is 1. The molecule has 148 valence electrons. The molecule has 0 radical (unpaired) electrons. The van der Waals surface area contributed by atoms with Gasteiger partial charge in [-0.15, -0.1) is 11.3 Å². The quantitative estimate of drug-likeness (QED) is 0.600. The number of para-hydroxylation sites is 1. The van der Waals surface area contributed by atoms with E-state index in [0.29, 0.717) is 16.0 Å². The Balaban J connectivity index is 1.89. The molecule has 10 heteroatoms. The molecule has 0 saturated heterocycles. The number of fused-ring (bicyclic) bond motifs is 1. The number of pyridine rings is 1. The molecule has 1 N–H and O–H groups in total. The average molecular weight is 421 g/mol. The lowest BCUT2D eigenvalue weighted by molar-refractivity contribution is -0.116. The zero-order valence-electron chi connectivity index (χ0n) is 15.5. The molecule has 0 spiro atoms. The van der Waals surface area contributed by atoms with Crippen molar-refractivity contribution in [1.82, 2.24) is 14.3 Å². The number of anilines is 1. The molecular formula is C18H20N4O4S2. The molecule has 1 amide bonds. The Labute approximate surface area is 167 Å². The molecule has 0 aliphatic rings. The fraction of sp³-hybridized carbons (Fsp3) is 0.278. The molecule has 0 fully saturated rings. The second kappa shape index (κ2) is 8.74. The monoisotopic (exact) mass is 420 g/mol. The first-order chi connectivity index (χ1) is 13.4. The Morgan fingerprint density at radius 2 is 2.04 bits per heavy atom. The number of aryl methyl sites for hydroxylation is 1. The van der Waals surface area contributed by atoms with Crippen LogP contribution in [0.25, 0.3) is 10.9 Å². The van der Waals surface area contributed by atoms with E-state index in [2.05, 4.69) is 15.3 Å². The SMILES string of the molecule is COCCN(CC(=O)Nc1ncc(C)s1)S(=O)(=O)c1cccc2cccnc12. The van der Waals surface area contributed by atoms with Crippen LogP contribution in [0.4, 0.5) is 5.13 Å². The van der Waals surface area contributed by atoms with Crippen molar-refractivity contribution < 1.29 is 17.9 Å². The smallest absolute Gasteiger partial charge is 0.245 e. The van der Waals surface area contributed by atoms with Gasteiger partial charge in [0.15, 0.2) is 5.13 Å². The van der Waals surface area contributed by atoms with Gasteiger partial charge in [-0.25, -0.2) is 13.4 Å². The van der Waals surface area contributed by atoms with E-state index in [1.807, 2.05) is 6.92 Å². The van der Waals surface area contributed by atoms with Crippen molar-refractivity contribution in [2.24, 2.45) is 0 Å². The molecule has 0 unspecified atom stereocenters. The van der Waals surface area contributed by atoms with E-state index in [4.69, 9.17) is 4.74 Å². The van der Waals surface area contributed by atoms with Gasteiger partial charge in [0.25, 0.3) is 0 Å². The second-order valence-electron chi connectivity index (χ2n) is 5.99. The Bertz CT molecular complexity index is 1080. The van der Waals surface area contributed by atoms with E-state index in [1.54, 1.807) is 36.7 Å². The maximum absolute atomic E-state index is 13.3. The van der Waals surface area contributed by atoms with Crippen LogP contribution in [-0.2, 0) is 19.6 Å². The van der Waals surface area contributed by atoms with E-state index >= 15 is 0 Å². The number of carbonyl (C=O) groups is 1. The van der Waals surface area contributed by atoms with Crippen molar-refractivity contribution in [2.75, 3.05) is 32.1 Å². The number of nitrogens with one attached hydrogen (secondary N) is 1. The molecule has 8 nitrogen and oxygen atoms in total. The normalized spacial score (nSPS) is 11.8. The summed E-state index contributed by atoms with van der Waals surface area (Å²) in [5.41, 5.74) is 0.364. The van der Waals surface area contributed by atoms with Crippen LogP contribution < -0.4 is 5.32 Å². The minimum Gasteiger partial charge on any atom is -0.383 e. The predicted molar refractivity (Wildman–Crippen MR) is 108 cm³/mol. The van der Waals surface area contributed by atoms with E-state index < -0.39 is 15.9 Å². The first-order valence-electron chi connectivity index (χ1n) is 8.47. The van der Waals surface area contributed by atoms with Gasteiger partial charge in [-0.2, -0.15) is 4.31 Å². The standard InChI is InChI=1S/C18H20N4O4S2/c1-13-11-20-18(27-13)21-16(23)12-22(9-10-26-2)28(24,25)15-7-3-5-14-6-4-8-19-17(14)15/h3-8,11H,9-10,12H2,1-2H3,(H,20,21,23). The highest BCUT2D eigenvalue weighted by Crippen LogP contribution is 2.24. The fourth-order valence-corrected chi connectivity index (χ4v) is 4.86. The average Bonchev–Trinajstić information content (AvgIpc) is 3.09. The summed E-state index contributed by atoms with van der Waals surface area (Å²) >= 11 is 1.32. The summed E-state index contributed by atoms with van der Waals surface area (Å²) in [5.74, 6) is -0.470. The number of amides is 1. The van der Waals surface area contributed by atoms with Crippen molar-refractivity contribution in [2.45, 2.75) is 11.8 Å². The first-order valence-corrected chi connectivity index (χ1v) is 10.7. The molecule has 0 saturated carbocycles. The van der Waals surface area contributed by atoms with Gasteiger partial charge in [-0.05, 0) is 19.1 Å². The molecule has 0 atom stereocenters. The second-order valence-corrected chi connectivity index (χ2v) is 9.13. The highest BCUT2D eigenvalue weighted by Gasteiger charge is 2.28. The Morgan fingerprint density at radius 1 is 1.25 bits per heavy atom. The number of carbonyl (C=O) groups excluding carboxylic acids is 1. The number of sulfonamides is 1. The van der Waals surface area contributed by atoms with Crippen molar-refractivity contribution in [1.29, 1.82) is 0 Å². The van der Waals surface area contributed by atoms with Crippen molar-refractivity contribution in [3.05, 3.63) is 47.6 Å². The number of methoxy groups -OCH3 is 1. The molecule has 3 aromatic rings. The van der Waals surface area contributed by atoms with Crippen molar-refractivity contribution in [3.63, 3.8) is 0 Å². The van der Waals surface area contributed by atoms with Crippen LogP contribution in [0, 0.1) is 6.92 Å². The lowest BCUT2D eigenvalue weighted by atomic mass is 10.2. The molecule has 0 aliphatic heterocycles. The van der Waals surface area contributed by atoms with Crippen molar-refractivity contribution >= 4 is 43.3 Å². The van der Waals surface area contributed by atoms with Gasteiger partial charge in [-0.1, -0.05) is 18.2 Å². The third kappa shape index (κ3) is 4.53. The molecule has 3 rings (SSSR count). The minimum absolute atomic E-state index is 0.0341. The fourth-order valence-electron chi connectivity index (χ4n) is 2.63. The zero-order valence-corrected chi connectivity index (χ0v) is 17.1. The van der Waals surface area contributed by atoms with Gasteiger partial charge in [0.2, 0.25) is 15.9 Å². The van der Waals surface area contributed by atoms with Crippen LogP contribution in [0.2, 0.25) is 0 Å². The number of nitrogens with zero attached hydrogens (tertiary/aromatic N) is 3. The third-order valence-electron chi connectivity index (χ3n) is 3.95. The number of hydrogen-bond acceptors (Lipinski definition) is 7. The Morgan fingerprint density at radius 3 is 2.75 bits per heavy atom. The summed E-state index contributed by atoms with van der Waals surface area (Å²) < 4.78 is 32.7. The summed E-state index contributed by atoms with van der Waals surface area (Å²) in [6.45, 7) is 1.71. The van der Waals surface area contributed by atoms with Crippen molar-refractivity contribution in [3.8, 4) is 0 Å².